The van der Waals surface area contributed by atoms with Gasteiger partial charge in [-0.05, 0) is 54.0 Å². The van der Waals surface area contributed by atoms with Crippen LogP contribution >= 0.6 is 15.9 Å². The van der Waals surface area contributed by atoms with Crippen LogP contribution in [0.1, 0.15) is 33.5 Å². The van der Waals surface area contributed by atoms with Gasteiger partial charge >= 0.3 is 0 Å². The van der Waals surface area contributed by atoms with Gasteiger partial charge < -0.3 is 4.74 Å². The van der Waals surface area contributed by atoms with E-state index in [2.05, 4.69) is 46.3 Å². The third-order valence-corrected chi connectivity index (χ3v) is 4.93. The number of halogens is 1. The zero-order chi connectivity index (χ0) is 13.9. The first-order valence-electron chi connectivity index (χ1n) is 7.15. The van der Waals surface area contributed by atoms with Gasteiger partial charge in [0.2, 0.25) is 0 Å². The standard InChI is InChI=1S/C18H19BrO/c1-20-18-8-3-2-5-16(18)12-17(19)15-10-9-13-6-4-7-14(13)11-15/h2-3,5,8-11,17H,4,6-7,12H2,1H3. The van der Waals surface area contributed by atoms with Crippen molar-refractivity contribution in [1.29, 1.82) is 0 Å². The van der Waals surface area contributed by atoms with Crippen LogP contribution in [0, 0.1) is 0 Å². The average molecular weight is 331 g/mol. The molecular weight excluding hydrogens is 312 g/mol. The van der Waals surface area contributed by atoms with Gasteiger partial charge in [-0.25, -0.2) is 0 Å². The van der Waals surface area contributed by atoms with Crippen LogP contribution in [-0.4, -0.2) is 7.11 Å². The maximum atomic E-state index is 5.44. The van der Waals surface area contributed by atoms with E-state index in [4.69, 9.17) is 4.74 Å². The van der Waals surface area contributed by atoms with Crippen molar-refractivity contribution < 1.29 is 4.74 Å². The average Bonchev–Trinajstić information content (AvgIpc) is 2.95. The van der Waals surface area contributed by atoms with Crippen molar-refractivity contribution in [1.82, 2.24) is 0 Å². The van der Waals surface area contributed by atoms with E-state index in [1.807, 2.05) is 12.1 Å². The molecule has 0 spiro atoms. The summed E-state index contributed by atoms with van der Waals surface area (Å²) in [6.45, 7) is 0. The van der Waals surface area contributed by atoms with E-state index in [-0.39, 0.29) is 0 Å². The number of fused-ring (bicyclic) bond motifs is 1. The molecule has 1 nitrogen and oxygen atoms in total. The van der Waals surface area contributed by atoms with Crippen LogP contribution < -0.4 is 4.74 Å². The second-order valence-corrected chi connectivity index (χ2v) is 6.47. The highest BCUT2D eigenvalue weighted by Gasteiger charge is 2.15. The first kappa shape index (κ1) is 13.7. The molecule has 0 saturated carbocycles. The fourth-order valence-corrected chi connectivity index (χ4v) is 3.60. The van der Waals surface area contributed by atoms with Crippen LogP contribution in [0.3, 0.4) is 0 Å². The molecule has 0 aliphatic heterocycles. The van der Waals surface area contributed by atoms with Crippen molar-refractivity contribution in [3.8, 4) is 5.75 Å². The molecule has 0 radical (unpaired) electrons. The number of hydrogen-bond acceptors (Lipinski definition) is 1. The number of benzene rings is 2. The van der Waals surface area contributed by atoms with Gasteiger partial charge in [-0.2, -0.15) is 0 Å². The second-order valence-electron chi connectivity index (χ2n) is 5.37. The van der Waals surface area contributed by atoms with Gasteiger partial charge in [-0.3, -0.25) is 0 Å². The lowest BCUT2D eigenvalue weighted by Gasteiger charge is -2.14. The second kappa shape index (κ2) is 6.01. The summed E-state index contributed by atoms with van der Waals surface area (Å²) in [4.78, 5) is 0.338. The fraction of sp³-hybridized carbons (Fsp3) is 0.333. The van der Waals surface area contributed by atoms with Crippen molar-refractivity contribution in [2.45, 2.75) is 30.5 Å². The lowest BCUT2D eigenvalue weighted by Crippen LogP contribution is -1.99. The molecule has 1 aliphatic carbocycles. The Labute approximate surface area is 129 Å². The molecular formula is C18H19BrO. The zero-order valence-corrected chi connectivity index (χ0v) is 13.3. The van der Waals surface area contributed by atoms with E-state index in [0.29, 0.717) is 4.83 Å². The van der Waals surface area contributed by atoms with E-state index in [9.17, 15) is 0 Å². The van der Waals surface area contributed by atoms with Gasteiger partial charge in [0.1, 0.15) is 5.75 Å². The molecule has 20 heavy (non-hydrogen) atoms. The molecule has 0 saturated heterocycles. The number of para-hydroxylation sites is 1. The molecule has 3 rings (SSSR count). The van der Waals surface area contributed by atoms with Crippen LogP contribution in [0.5, 0.6) is 5.75 Å². The first-order valence-corrected chi connectivity index (χ1v) is 8.07. The SMILES string of the molecule is COc1ccccc1CC(Br)c1ccc2c(c1)CCC2. The molecule has 0 aromatic heterocycles. The van der Waals surface area contributed by atoms with Crippen LogP contribution in [0.4, 0.5) is 0 Å². The molecule has 0 heterocycles. The molecule has 0 fully saturated rings. The minimum absolute atomic E-state index is 0.338. The number of aryl methyl sites for hydroxylation is 2. The highest BCUT2D eigenvalue weighted by Crippen LogP contribution is 2.33. The van der Waals surface area contributed by atoms with E-state index >= 15 is 0 Å². The summed E-state index contributed by atoms with van der Waals surface area (Å²) in [5.41, 5.74) is 5.69. The summed E-state index contributed by atoms with van der Waals surface area (Å²) in [6, 6.07) is 15.2. The van der Waals surface area contributed by atoms with E-state index in [1.165, 1.54) is 41.5 Å². The fourth-order valence-electron chi connectivity index (χ4n) is 2.97. The molecule has 2 aromatic rings. The Morgan fingerprint density at radius 3 is 2.75 bits per heavy atom. The quantitative estimate of drug-likeness (QED) is 0.727. The van der Waals surface area contributed by atoms with Crippen LogP contribution in [-0.2, 0) is 19.3 Å². The molecule has 0 amide bonds. The highest BCUT2D eigenvalue weighted by atomic mass is 79.9. The van der Waals surface area contributed by atoms with Crippen molar-refractivity contribution in [2.75, 3.05) is 7.11 Å². The van der Waals surface area contributed by atoms with Crippen LogP contribution in [0.2, 0.25) is 0 Å². The molecule has 1 unspecified atom stereocenters. The Kier molecular flexibility index (Phi) is 4.11. The van der Waals surface area contributed by atoms with Gasteiger partial charge in [0.15, 0.2) is 0 Å². The molecule has 2 aromatic carbocycles. The third kappa shape index (κ3) is 2.76. The molecule has 104 valence electrons. The van der Waals surface area contributed by atoms with Crippen molar-refractivity contribution in [3.63, 3.8) is 0 Å². The molecule has 2 heteroatoms. The van der Waals surface area contributed by atoms with Crippen LogP contribution in [0.15, 0.2) is 42.5 Å². The maximum absolute atomic E-state index is 5.44. The van der Waals surface area contributed by atoms with Gasteiger partial charge in [-0.15, -0.1) is 0 Å². The zero-order valence-electron chi connectivity index (χ0n) is 11.7. The molecule has 1 aliphatic rings. The lowest BCUT2D eigenvalue weighted by atomic mass is 10.00. The largest absolute Gasteiger partial charge is 0.496 e. The predicted molar refractivity (Wildman–Crippen MR) is 86.8 cm³/mol. The highest BCUT2D eigenvalue weighted by molar-refractivity contribution is 9.09. The number of ether oxygens (including phenoxy) is 1. The summed E-state index contributed by atoms with van der Waals surface area (Å²) >= 11 is 3.84. The smallest absolute Gasteiger partial charge is 0.122 e. The lowest BCUT2D eigenvalue weighted by molar-refractivity contribution is 0.409. The minimum atomic E-state index is 0.338. The Balaban J connectivity index is 1.81. The first-order chi connectivity index (χ1) is 9.78. The van der Waals surface area contributed by atoms with Crippen molar-refractivity contribution >= 4 is 15.9 Å². The van der Waals surface area contributed by atoms with Crippen molar-refractivity contribution in [3.05, 3.63) is 64.7 Å². The Hall–Kier alpha value is -1.28. The molecule has 0 N–H and O–H groups in total. The predicted octanol–water partition coefficient (Wildman–Crippen LogP) is 4.86. The topological polar surface area (TPSA) is 9.23 Å². The Bertz CT molecular complexity index is 606. The summed E-state index contributed by atoms with van der Waals surface area (Å²) in [5.74, 6) is 0.970. The normalized spacial score (nSPS) is 14.9. The maximum Gasteiger partial charge on any atom is 0.122 e. The van der Waals surface area contributed by atoms with Gasteiger partial charge in [-0.1, -0.05) is 52.3 Å². The van der Waals surface area contributed by atoms with Crippen molar-refractivity contribution in [2.24, 2.45) is 0 Å². The Morgan fingerprint density at radius 2 is 1.90 bits per heavy atom. The molecule has 1 atom stereocenters. The van der Waals surface area contributed by atoms with E-state index in [0.717, 1.165) is 12.2 Å². The van der Waals surface area contributed by atoms with E-state index < -0.39 is 0 Å². The summed E-state index contributed by atoms with van der Waals surface area (Å²) in [5, 5.41) is 0. The number of rotatable bonds is 4. The van der Waals surface area contributed by atoms with Gasteiger partial charge in [0, 0.05) is 4.83 Å². The van der Waals surface area contributed by atoms with Crippen LogP contribution in [0.25, 0.3) is 0 Å². The number of hydrogen-bond donors (Lipinski definition) is 0. The number of alkyl halides is 1. The minimum Gasteiger partial charge on any atom is -0.496 e. The van der Waals surface area contributed by atoms with Gasteiger partial charge in [0.05, 0.1) is 7.11 Å². The Morgan fingerprint density at radius 1 is 1.10 bits per heavy atom. The van der Waals surface area contributed by atoms with E-state index in [1.54, 1.807) is 7.11 Å². The summed E-state index contributed by atoms with van der Waals surface area (Å²) < 4.78 is 5.44. The van der Waals surface area contributed by atoms with Gasteiger partial charge in [0.25, 0.3) is 0 Å². The summed E-state index contributed by atoms with van der Waals surface area (Å²) in [7, 11) is 1.73. The molecule has 0 bridgehead atoms. The monoisotopic (exact) mass is 330 g/mol. The summed E-state index contributed by atoms with van der Waals surface area (Å²) in [6.07, 6.45) is 4.73. The number of methoxy groups -OCH3 is 1. The third-order valence-electron chi connectivity index (χ3n) is 4.08.